The van der Waals surface area contributed by atoms with Gasteiger partial charge in [0.25, 0.3) is 5.91 Å². The molecule has 0 atom stereocenters. The fraction of sp³-hybridized carbons (Fsp3) is 0.545. The van der Waals surface area contributed by atoms with Gasteiger partial charge in [0.15, 0.2) is 5.78 Å². The number of hydroxylamine groups is 1. The molecule has 9 heteroatoms. The third kappa shape index (κ3) is 7.28. The van der Waals surface area contributed by atoms with Crippen molar-refractivity contribution in [3.63, 3.8) is 0 Å². The summed E-state index contributed by atoms with van der Waals surface area (Å²) in [6.07, 6.45) is 4.96. The summed E-state index contributed by atoms with van der Waals surface area (Å²) in [7, 11) is -2.33. The summed E-state index contributed by atoms with van der Waals surface area (Å²) in [5, 5.41) is 2.76. The van der Waals surface area contributed by atoms with E-state index >= 15 is 0 Å². The smallest absolute Gasteiger partial charge is 0.320 e. The monoisotopic (exact) mass is 452 g/mol. The maximum Gasteiger partial charge on any atom is 0.356 e. The first-order chi connectivity index (χ1) is 14.8. The van der Waals surface area contributed by atoms with E-state index in [-0.39, 0.29) is 30.6 Å². The van der Waals surface area contributed by atoms with Gasteiger partial charge < -0.3 is 14.4 Å². The minimum absolute atomic E-state index is 0.0321. The molecule has 2 rings (SSSR count). The van der Waals surface area contributed by atoms with Crippen LogP contribution in [0.15, 0.2) is 29.7 Å². The number of amides is 1. The van der Waals surface area contributed by atoms with Crippen molar-refractivity contribution in [1.29, 1.82) is 0 Å². The average Bonchev–Trinajstić information content (AvgIpc) is 2.74. The normalized spacial score (nSPS) is 15.5. The number of hydrogen-bond donors (Lipinski definition) is 2. The van der Waals surface area contributed by atoms with E-state index in [1.165, 1.54) is 7.11 Å². The van der Waals surface area contributed by atoms with Crippen molar-refractivity contribution in [2.24, 2.45) is 5.92 Å². The lowest BCUT2D eigenvalue weighted by molar-refractivity contribution is -0.114. The van der Waals surface area contributed by atoms with Gasteiger partial charge in [0, 0.05) is 11.5 Å². The zero-order chi connectivity index (χ0) is 22.9. The van der Waals surface area contributed by atoms with Crippen LogP contribution in [0.3, 0.4) is 0 Å². The second kappa shape index (κ2) is 12.2. The van der Waals surface area contributed by atoms with Crippen LogP contribution in [0.4, 0.5) is 5.69 Å². The lowest BCUT2D eigenvalue weighted by atomic mass is 9.83. The van der Waals surface area contributed by atoms with Crippen molar-refractivity contribution in [2.45, 2.75) is 52.9 Å². The number of aryl methyl sites for hydroxylation is 1. The van der Waals surface area contributed by atoms with Gasteiger partial charge in [-0.25, -0.2) is 0 Å². The molecule has 1 aliphatic carbocycles. The fourth-order valence-electron chi connectivity index (χ4n) is 3.62. The summed E-state index contributed by atoms with van der Waals surface area (Å²) in [5.41, 5.74) is 4.08. The number of carbonyl (C=O) groups is 2. The van der Waals surface area contributed by atoms with Gasteiger partial charge in [0.05, 0.1) is 31.8 Å². The highest BCUT2D eigenvalue weighted by Gasteiger charge is 2.27. The number of Topliss-reactive ketones (excluding diaryl/α,β-unsaturated/α-hetero) is 1. The number of carbonyl (C=O) groups excluding carboxylic acids is 2. The highest BCUT2D eigenvalue weighted by Crippen LogP contribution is 2.50. The zero-order valence-corrected chi connectivity index (χ0v) is 19.6. The van der Waals surface area contributed by atoms with E-state index < -0.39 is 13.5 Å². The van der Waals surface area contributed by atoms with Gasteiger partial charge in [-0.15, -0.1) is 0 Å². The SMILES string of the molecule is CCOP(=O)(C=C(NOC)C(=O)Nc1cc(C)ccc1C(=O)C1CCCCC1)OCC. The van der Waals surface area contributed by atoms with Gasteiger partial charge in [-0.1, -0.05) is 25.3 Å². The molecule has 1 aromatic rings. The molecule has 0 saturated heterocycles. The predicted molar refractivity (Wildman–Crippen MR) is 120 cm³/mol. The highest BCUT2D eigenvalue weighted by molar-refractivity contribution is 7.57. The van der Waals surface area contributed by atoms with Gasteiger partial charge in [-0.2, -0.15) is 0 Å². The van der Waals surface area contributed by atoms with Crippen molar-refractivity contribution < 1.29 is 28.0 Å². The molecule has 1 amide bonds. The number of ketones is 1. The number of nitrogens with one attached hydrogen (secondary N) is 2. The first kappa shape index (κ1) is 25.3. The Kier molecular flexibility index (Phi) is 9.91. The van der Waals surface area contributed by atoms with Gasteiger partial charge >= 0.3 is 7.60 Å². The van der Waals surface area contributed by atoms with E-state index in [0.717, 1.165) is 43.5 Å². The molecule has 0 aliphatic heterocycles. The standard InChI is InChI=1S/C22H33N2O6P/c1-5-29-31(27,30-6-2)15-20(24-28-4)22(26)23-19-14-16(3)12-13-18(19)21(25)17-10-8-7-9-11-17/h12-15,17,24H,5-11H2,1-4H3,(H,23,26). The third-order valence-corrected chi connectivity index (χ3v) is 6.84. The van der Waals surface area contributed by atoms with Gasteiger partial charge in [-0.05, 0) is 51.3 Å². The molecule has 0 unspecified atom stereocenters. The van der Waals surface area contributed by atoms with E-state index in [9.17, 15) is 14.2 Å². The molecule has 0 aromatic heterocycles. The second-order valence-electron chi connectivity index (χ2n) is 7.43. The predicted octanol–water partition coefficient (Wildman–Crippen LogP) is 4.96. The van der Waals surface area contributed by atoms with E-state index in [0.29, 0.717) is 11.3 Å². The van der Waals surface area contributed by atoms with Crippen molar-refractivity contribution in [3.05, 3.63) is 40.8 Å². The summed E-state index contributed by atoms with van der Waals surface area (Å²) in [5.74, 6) is 0.478. The van der Waals surface area contributed by atoms with Crippen LogP contribution in [-0.4, -0.2) is 32.0 Å². The van der Waals surface area contributed by atoms with Crippen molar-refractivity contribution in [1.82, 2.24) is 5.48 Å². The zero-order valence-electron chi connectivity index (χ0n) is 18.7. The molecule has 8 nitrogen and oxygen atoms in total. The molecule has 0 radical (unpaired) electrons. The molecule has 1 aliphatic rings. The highest BCUT2D eigenvalue weighted by atomic mass is 31.2. The summed E-state index contributed by atoms with van der Waals surface area (Å²) in [6, 6.07) is 5.36. The number of benzene rings is 1. The Labute approximate surface area is 184 Å². The Morgan fingerprint density at radius 3 is 2.35 bits per heavy atom. The molecule has 172 valence electrons. The van der Waals surface area contributed by atoms with Crippen molar-refractivity contribution >= 4 is 25.0 Å². The number of rotatable bonds is 11. The van der Waals surface area contributed by atoms with Crippen LogP contribution in [0.25, 0.3) is 0 Å². The third-order valence-electron chi connectivity index (χ3n) is 5.03. The van der Waals surface area contributed by atoms with Gasteiger partial charge in [-0.3, -0.25) is 24.5 Å². The Bertz CT molecular complexity index is 838. The first-order valence-corrected chi connectivity index (χ1v) is 12.3. The molecule has 0 bridgehead atoms. The molecular weight excluding hydrogens is 419 g/mol. The molecule has 2 N–H and O–H groups in total. The largest absolute Gasteiger partial charge is 0.356 e. The van der Waals surface area contributed by atoms with Crippen LogP contribution in [0, 0.1) is 12.8 Å². The Morgan fingerprint density at radius 2 is 1.77 bits per heavy atom. The summed E-state index contributed by atoms with van der Waals surface area (Å²) in [6.45, 7) is 5.53. The molecule has 0 spiro atoms. The van der Waals surface area contributed by atoms with Crippen LogP contribution in [0.5, 0.6) is 0 Å². The Balaban J connectivity index is 2.33. The van der Waals surface area contributed by atoms with E-state index in [1.807, 2.05) is 13.0 Å². The first-order valence-electron chi connectivity index (χ1n) is 10.7. The molecular formula is C22H33N2O6P. The Hall–Kier alpha value is -1.99. The molecule has 1 saturated carbocycles. The molecule has 1 aromatic carbocycles. The number of anilines is 1. The minimum Gasteiger partial charge on any atom is -0.320 e. The fourth-order valence-corrected chi connectivity index (χ4v) is 5.05. The van der Waals surface area contributed by atoms with Crippen LogP contribution in [-0.2, 0) is 23.2 Å². The lowest BCUT2D eigenvalue weighted by Crippen LogP contribution is -2.27. The molecule has 1 fully saturated rings. The lowest BCUT2D eigenvalue weighted by Gasteiger charge is -2.22. The van der Waals surface area contributed by atoms with Crippen LogP contribution in [0.2, 0.25) is 0 Å². The maximum atomic E-state index is 13.1. The minimum atomic E-state index is -3.66. The average molecular weight is 452 g/mol. The molecule has 0 heterocycles. The van der Waals surface area contributed by atoms with Crippen LogP contribution in [0.1, 0.15) is 61.9 Å². The van der Waals surface area contributed by atoms with Crippen LogP contribution >= 0.6 is 7.60 Å². The van der Waals surface area contributed by atoms with E-state index in [1.54, 1.807) is 26.0 Å². The Morgan fingerprint density at radius 1 is 1.13 bits per heavy atom. The second-order valence-corrected chi connectivity index (χ2v) is 9.28. The topological polar surface area (TPSA) is 103 Å². The van der Waals surface area contributed by atoms with Gasteiger partial charge in [0.1, 0.15) is 5.70 Å². The summed E-state index contributed by atoms with van der Waals surface area (Å²) < 4.78 is 23.3. The van der Waals surface area contributed by atoms with Crippen LogP contribution < -0.4 is 10.8 Å². The van der Waals surface area contributed by atoms with Crippen molar-refractivity contribution in [2.75, 3.05) is 25.6 Å². The molecule has 31 heavy (non-hydrogen) atoms. The van der Waals surface area contributed by atoms with E-state index in [2.05, 4.69) is 10.8 Å². The quantitative estimate of drug-likeness (QED) is 0.212. The number of hydrogen-bond acceptors (Lipinski definition) is 7. The van der Waals surface area contributed by atoms with E-state index in [4.69, 9.17) is 13.9 Å². The summed E-state index contributed by atoms with van der Waals surface area (Å²) >= 11 is 0. The van der Waals surface area contributed by atoms with Crippen molar-refractivity contribution in [3.8, 4) is 0 Å². The van der Waals surface area contributed by atoms with Gasteiger partial charge in [0.2, 0.25) is 0 Å². The maximum absolute atomic E-state index is 13.1. The summed E-state index contributed by atoms with van der Waals surface area (Å²) in [4.78, 5) is 31.0.